The van der Waals surface area contributed by atoms with Gasteiger partial charge in [0.25, 0.3) is 5.91 Å². The lowest BCUT2D eigenvalue weighted by Crippen LogP contribution is -2.29. The maximum Gasteiger partial charge on any atom is 0.303 e. The number of carboxylic acid groups (broad SMARTS) is 1. The molecule has 3 rings (SSSR count). The van der Waals surface area contributed by atoms with Gasteiger partial charge in [-0.2, -0.15) is 0 Å². The summed E-state index contributed by atoms with van der Waals surface area (Å²) in [5.41, 5.74) is 2.69. The zero-order valence-corrected chi connectivity index (χ0v) is 16.5. The van der Waals surface area contributed by atoms with Crippen LogP contribution in [0.3, 0.4) is 0 Å². The molecule has 1 aliphatic heterocycles. The minimum Gasteiger partial charge on any atom is -0.481 e. The van der Waals surface area contributed by atoms with Crippen molar-refractivity contribution in [3.05, 3.63) is 58.2 Å². The van der Waals surface area contributed by atoms with Crippen LogP contribution >= 0.6 is 35.6 Å². The molecule has 1 aromatic heterocycles. The van der Waals surface area contributed by atoms with Crippen molar-refractivity contribution in [3.8, 4) is 11.1 Å². The van der Waals surface area contributed by atoms with Crippen molar-refractivity contribution in [1.82, 2.24) is 9.88 Å². The molecule has 5 nitrogen and oxygen atoms in total. The average molecular weight is 419 g/mol. The Morgan fingerprint density at radius 2 is 2.04 bits per heavy atom. The van der Waals surface area contributed by atoms with Gasteiger partial charge in [-0.25, -0.2) is 0 Å². The molecule has 1 fully saturated rings. The van der Waals surface area contributed by atoms with E-state index >= 15 is 0 Å². The largest absolute Gasteiger partial charge is 0.481 e. The zero-order valence-electron chi connectivity index (χ0n) is 14.1. The molecule has 0 spiro atoms. The topological polar surface area (TPSA) is 70.5 Å². The Morgan fingerprint density at radius 3 is 2.74 bits per heavy atom. The van der Waals surface area contributed by atoms with Gasteiger partial charge in [0, 0.05) is 35.9 Å². The number of aromatic nitrogens is 1. The molecule has 27 heavy (non-hydrogen) atoms. The summed E-state index contributed by atoms with van der Waals surface area (Å²) in [7, 11) is 0. The first-order valence-electron chi connectivity index (χ1n) is 8.13. The van der Waals surface area contributed by atoms with E-state index in [1.54, 1.807) is 18.5 Å². The quantitative estimate of drug-likeness (QED) is 0.551. The van der Waals surface area contributed by atoms with Crippen LogP contribution in [0.5, 0.6) is 0 Å². The molecule has 1 aromatic carbocycles. The maximum absolute atomic E-state index is 12.7. The summed E-state index contributed by atoms with van der Waals surface area (Å²) in [6, 6.07) is 9.31. The third kappa shape index (κ3) is 4.74. The summed E-state index contributed by atoms with van der Waals surface area (Å²) in [6.45, 7) is 0.297. The first-order valence-corrected chi connectivity index (χ1v) is 9.73. The van der Waals surface area contributed by atoms with E-state index in [4.69, 9.17) is 28.9 Å². The lowest BCUT2D eigenvalue weighted by Gasteiger charge is -2.13. The Kier molecular flexibility index (Phi) is 6.26. The van der Waals surface area contributed by atoms with Crippen molar-refractivity contribution >= 4 is 57.9 Å². The number of thiocarbonyl (C=S) groups is 1. The molecule has 2 heterocycles. The number of rotatable bonds is 6. The van der Waals surface area contributed by atoms with Crippen LogP contribution in [0, 0.1) is 0 Å². The number of hydrogen-bond acceptors (Lipinski definition) is 5. The van der Waals surface area contributed by atoms with Crippen LogP contribution in [0.4, 0.5) is 0 Å². The standard InChI is InChI=1S/C19H15ClN2O3S2/c20-14-5-3-12(4-6-14)15-7-8-21-11-13(15)10-16-18(25)22(19(26)27-16)9-1-2-17(23)24/h3-8,10-11H,1-2,9H2,(H,23,24)/b16-10-. The minimum atomic E-state index is -0.890. The van der Waals surface area contributed by atoms with Crippen LogP contribution in [-0.2, 0) is 9.59 Å². The van der Waals surface area contributed by atoms with Gasteiger partial charge < -0.3 is 5.11 Å². The van der Waals surface area contributed by atoms with Gasteiger partial charge in [0.05, 0.1) is 4.91 Å². The van der Waals surface area contributed by atoms with E-state index in [1.165, 1.54) is 16.7 Å². The van der Waals surface area contributed by atoms with Crippen LogP contribution in [-0.4, -0.2) is 37.7 Å². The molecule has 1 aliphatic rings. The van der Waals surface area contributed by atoms with Gasteiger partial charge in [-0.15, -0.1) is 0 Å². The Morgan fingerprint density at radius 1 is 1.30 bits per heavy atom. The Balaban J connectivity index is 1.85. The third-order valence-corrected chi connectivity index (χ3v) is 5.57. The van der Waals surface area contributed by atoms with Crippen LogP contribution in [0.2, 0.25) is 5.02 Å². The fourth-order valence-corrected chi connectivity index (χ4v) is 4.06. The van der Waals surface area contributed by atoms with E-state index in [0.717, 1.165) is 16.7 Å². The van der Waals surface area contributed by atoms with E-state index in [0.29, 0.717) is 27.2 Å². The van der Waals surface area contributed by atoms with Gasteiger partial charge in [0.2, 0.25) is 0 Å². The van der Waals surface area contributed by atoms with Gasteiger partial charge in [-0.05, 0) is 41.8 Å². The molecule has 0 atom stereocenters. The second kappa shape index (κ2) is 8.65. The highest BCUT2D eigenvalue weighted by Crippen LogP contribution is 2.34. The number of pyridine rings is 1. The number of thioether (sulfide) groups is 1. The van der Waals surface area contributed by atoms with E-state index in [1.807, 2.05) is 30.3 Å². The van der Waals surface area contributed by atoms with Crippen LogP contribution < -0.4 is 0 Å². The fourth-order valence-electron chi connectivity index (χ4n) is 2.64. The first kappa shape index (κ1) is 19.5. The highest BCUT2D eigenvalue weighted by atomic mass is 35.5. The number of nitrogens with zero attached hydrogens (tertiary/aromatic N) is 2. The number of hydrogen-bond donors (Lipinski definition) is 1. The van der Waals surface area contributed by atoms with Crippen molar-refractivity contribution in [1.29, 1.82) is 0 Å². The number of halogens is 1. The molecule has 0 saturated carbocycles. The normalized spacial score (nSPS) is 15.6. The number of carboxylic acids is 1. The first-order chi connectivity index (χ1) is 13.0. The molecule has 8 heteroatoms. The number of aliphatic carboxylic acids is 1. The van der Waals surface area contributed by atoms with Gasteiger partial charge in [-0.3, -0.25) is 19.5 Å². The summed E-state index contributed by atoms with van der Waals surface area (Å²) in [4.78, 5) is 29.4. The summed E-state index contributed by atoms with van der Waals surface area (Å²) < 4.78 is 0.438. The highest BCUT2D eigenvalue weighted by molar-refractivity contribution is 8.26. The van der Waals surface area contributed by atoms with Crippen LogP contribution in [0.1, 0.15) is 18.4 Å². The number of carbonyl (C=O) groups is 2. The summed E-state index contributed by atoms with van der Waals surface area (Å²) in [5.74, 6) is -1.10. The Bertz CT molecular complexity index is 929. The fraction of sp³-hybridized carbons (Fsp3) is 0.158. The maximum atomic E-state index is 12.7. The molecular formula is C19H15ClN2O3S2. The van der Waals surface area contributed by atoms with Crippen LogP contribution in [0.25, 0.3) is 17.2 Å². The lowest BCUT2D eigenvalue weighted by atomic mass is 10.0. The van der Waals surface area contributed by atoms with Crippen molar-refractivity contribution < 1.29 is 14.7 Å². The van der Waals surface area contributed by atoms with Crippen molar-refractivity contribution in [3.63, 3.8) is 0 Å². The predicted octanol–water partition coefficient (Wildman–Crippen LogP) is 4.47. The smallest absolute Gasteiger partial charge is 0.303 e. The molecule has 0 unspecified atom stereocenters. The van der Waals surface area contributed by atoms with Gasteiger partial charge in [0.1, 0.15) is 4.32 Å². The van der Waals surface area contributed by atoms with E-state index < -0.39 is 5.97 Å². The monoisotopic (exact) mass is 418 g/mol. The number of carbonyl (C=O) groups excluding carboxylic acids is 1. The Hall–Kier alpha value is -2.22. The zero-order chi connectivity index (χ0) is 19.4. The molecule has 0 bridgehead atoms. The molecule has 1 amide bonds. The van der Waals surface area contributed by atoms with Gasteiger partial charge >= 0.3 is 5.97 Å². The molecule has 1 N–H and O–H groups in total. The molecule has 138 valence electrons. The van der Waals surface area contributed by atoms with Crippen LogP contribution in [0.15, 0.2) is 47.6 Å². The second-order valence-electron chi connectivity index (χ2n) is 5.80. The molecule has 2 aromatic rings. The highest BCUT2D eigenvalue weighted by Gasteiger charge is 2.31. The molecule has 0 aliphatic carbocycles. The Labute approximate surface area is 171 Å². The van der Waals surface area contributed by atoms with Crippen molar-refractivity contribution in [2.75, 3.05) is 6.54 Å². The van der Waals surface area contributed by atoms with Gasteiger partial charge in [0.15, 0.2) is 0 Å². The summed E-state index contributed by atoms with van der Waals surface area (Å²) in [5, 5.41) is 9.40. The number of benzene rings is 1. The summed E-state index contributed by atoms with van der Waals surface area (Å²) >= 11 is 12.5. The van der Waals surface area contributed by atoms with Crippen molar-refractivity contribution in [2.45, 2.75) is 12.8 Å². The van der Waals surface area contributed by atoms with E-state index in [9.17, 15) is 9.59 Å². The summed E-state index contributed by atoms with van der Waals surface area (Å²) in [6.07, 6.45) is 5.52. The lowest BCUT2D eigenvalue weighted by molar-refractivity contribution is -0.137. The third-order valence-electron chi connectivity index (χ3n) is 3.94. The SMILES string of the molecule is O=C(O)CCCN1C(=O)/C(=C/c2cnccc2-c2ccc(Cl)cc2)SC1=S. The molecular weight excluding hydrogens is 404 g/mol. The van der Waals surface area contributed by atoms with E-state index in [2.05, 4.69) is 4.98 Å². The van der Waals surface area contributed by atoms with E-state index in [-0.39, 0.29) is 12.3 Å². The van der Waals surface area contributed by atoms with Gasteiger partial charge in [-0.1, -0.05) is 47.7 Å². The van der Waals surface area contributed by atoms with Crippen molar-refractivity contribution in [2.24, 2.45) is 0 Å². The number of amides is 1. The molecule has 1 saturated heterocycles. The predicted molar refractivity (Wildman–Crippen MR) is 111 cm³/mol. The average Bonchev–Trinajstić information content (AvgIpc) is 2.90. The minimum absolute atomic E-state index is 0.000568. The second-order valence-corrected chi connectivity index (χ2v) is 7.91. The molecule has 0 radical (unpaired) electrons.